The number of hydrogen-bond donors (Lipinski definition) is 1. The van der Waals surface area contributed by atoms with E-state index in [-0.39, 0.29) is 12.5 Å². The number of carbonyl (C=O) groups excluding carboxylic acids is 1. The Bertz CT molecular complexity index is 521. The summed E-state index contributed by atoms with van der Waals surface area (Å²) in [5.74, 6) is -0.0947. The number of nitrogens with zero attached hydrogens (tertiary/aromatic N) is 3. The van der Waals surface area contributed by atoms with Crippen molar-refractivity contribution in [3.05, 3.63) is 36.2 Å². The van der Waals surface area contributed by atoms with Gasteiger partial charge in [0.15, 0.2) is 0 Å². The molecule has 0 aliphatic rings. The third-order valence-electron chi connectivity index (χ3n) is 2.70. The van der Waals surface area contributed by atoms with Crippen molar-refractivity contribution in [2.45, 2.75) is 6.92 Å². The van der Waals surface area contributed by atoms with Crippen molar-refractivity contribution in [3.63, 3.8) is 0 Å². The molecule has 0 saturated heterocycles. The second kappa shape index (κ2) is 4.97. The van der Waals surface area contributed by atoms with Crippen LogP contribution in [-0.2, 0) is 0 Å². The maximum Gasteiger partial charge on any atom is 0.257 e. The smallest absolute Gasteiger partial charge is 0.257 e. The molecule has 0 saturated carbocycles. The van der Waals surface area contributed by atoms with E-state index < -0.39 is 0 Å². The summed E-state index contributed by atoms with van der Waals surface area (Å²) >= 11 is 0. The number of fused-ring (bicyclic) bond motifs is 1. The lowest BCUT2D eigenvalue weighted by Gasteiger charge is -2.18. The first-order valence-electron chi connectivity index (χ1n) is 5.60. The Kier molecular flexibility index (Phi) is 3.39. The molecule has 2 rings (SSSR count). The van der Waals surface area contributed by atoms with Gasteiger partial charge in [-0.15, -0.1) is 0 Å². The van der Waals surface area contributed by atoms with Crippen LogP contribution in [0.4, 0.5) is 0 Å². The van der Waals surface area contributed by atoms with Crippen LogP contribution in [0.15, 0.2) is 30.6 Å². The van der Waals surface area contributed by atoms with Gasteiger partial charge in [-0.2, -0.15) is 5.10 Å². The minimum atomic E-state index is -0.0947. The van der Waals surface area contributed by atoms with E-state index in [9.17, 15) is 4.79 Å². The molecule has 2 aromatic rings. The predicted octanol–water partition coefficient (Wildman–Crippen LogP) is 0.789. The molecule has 2 aromatic heterocycles. The zero-order chi connectivity index (χ0) is 12.3. The number of likely N-dealkylation sites (N-methyl/N-ethyl adjacent to an activating group) is 1. The van der Waals surface area contributed by atoms with Gasteiger partial charge in [-0.25, -0.2) is 4.52 Å². The van der Waals surface area contributed by atoms with Gasteiger partial charge in [-0.05, 0) is 19.1 Å². The van der Waals surface area contributed by atoms with Crippen molar-refractivity contribution in [2.24, 2.45) is 0 Å². The fraction of sp³-hybridized carbons (Fsp3) is 0.333. The summed E-state index contributed by atoms with van der Waals surface area (Å²) in [6, 6.07) is 5.59. The first kappa shape index (κ1) is 11.6. The number of pyridine rings is 1. The van der Waals surface area contributed by atoms with Crippen molar-refractivity contribution in [3.8, 4) is 0 Å². The zero-order valence-electron chi connectivity index (χ0n) is 9.71. The Morgan fingerprint density at radius 1 is 1.53 bits per heavy atom. The van der Waals surface area contributed by atoms with Gasteiger partial charge >= 0.3 is 0 Å². The highest BCUT2D eigenvalue weighted by Gasteiger charge is 2.17. The summed E-state index contributed by atoms with van der Waals surface area (Å²) in [6.07, 6.45) is 3.37. The average molecular weight is 233 g/mol. The fourth-order valence-corrected chi connectivity index (χ4v) is 1.79. The SMILES string of the molecule is CCN(CCO)C(=O)c1cnn2ccccc12. The van der Waals surface area contributed by atoms with Crippen molar-refractivity contribution in [2.75, 3.05) is 19.7 Å². The van der Waals surface area contributed by atoms with Gasteiger partial charge in [0.25, 0.3) is 5.91 Å². The Balaban J connectivity index is 2.36. The largest absolute Gasteiger partial charge is 0.395 e. The Hall–Kier alpha value is -1.88. The molecule has 1 N–H and O–H groups in total. The maximum atomic E-state index is 12.2. The Morgan fingerprint density at radius 2 is 2.35 bits per heavy atom. The van der Waals surface area contributed by atoms with Gasteiger partial charge in [-0.1, -0.05) is 6.07 Å². The second-order valence-corrected chi connectivity index (χ2v) is 3.70. The van der Waals surface area contributed by atoms with E-state index in [4.69, 9.17) is 5.11 Å². The third-order valence-corrected chi connectivity index (χ3v) is 2.70. The number of carbonyl (C=O) groups is 1. The van der Waals surface area contributed by atoms with Crippen molar-refractivity contribution in [1.29, 1.82) is 0 Å². The van der Waals surface area contributed by atoms with E-state index in [1.165, 1.54) is 0 Å². The van der Waals surface area contributed by atoms with Crippen LogP contribution in [0.25, 0.3) is 5.52 Å². The van der Waals surface area contributed by atoms with Gasteiger partial charge in [0.05, 0.1) is 23.9 Å². The lowest BCUT2D eigenvalue weighted by atomic mass is 10.2. The van der Waals surface area contributed by atoms with Crippen LogP contribution in [0, 0.1) is 0 Å². The molecular formula is C12H15N3O2. The summed E-state index contributed by atoms with van der Waals surface area (Å²) in [5, 5.41) is 13.0. The van der Waals surface area contributed by atoms with E-state index in [0.29, 0.717) is 18.7 Å². The van der Waals surface area contributed by atoms with E-state index in [0.717, 1.165) is 5.52 Å². The lowest BCUT2D eigenvalue weighted by molar-refractivity contribution is 0.0734. The average Bonchev–Trinajstić information content (AvgIpc) is 2.79. The minimum Gasteiger partial charge on any atom is -0.395 e. The predicted molar refractivity (Wildman–Crippen MR) is 63.9 cm³/mol. The van der Waals surface area contributed by atoms with E-state index >= 15 is 0 Å². The Morgan fingerprint density at radius 3 is 3.06 bits per heavy atom. The van der Waals surface area contributed by atoms with Crippen molar-refractivity contribution >= 4 is 11.4 Å². The summed E-state index contributed by atoms with van der Waals surface area (Å²) in [4.78, 5) is 13.8. The summed E-state index contributed by atoms with van der Waals surface area (Å²) in [6.45, 7) is 2.78. The molecule has 90 valence electrons. The van der Waals surface area contributed by atoms with Crippen LogP contribution < -0.4 is 0 Å². The second-order valence-electron chi connectivity index (χ2n) is 3.70. The lowest BCUT2D eigenvalue weighted by Crippen LogP contribution is -2.33. The monoisotopic (exact) mass is 233 g/mol. The minimum absolute atomic E-state index is 0.0290. The van der Waals surface area contributed by atoms with Crippen molar-refractivity contribution < 1.29 is 9.90 Å². The summed E-state index contributed by atoms with van der Waals surface area (Å²) < 4.78 is 1.67. The molecule has 0 aliphatic carbocycles. The normalized spacial score (nSPS) is 10.7. The first-order chi connectivity index (χ1) is 8.27. The molecule has 0 fully saturated rings. The highest BCUT2D eigenvalue weighted by Crippen LogP contribution is 2.12. The van der Waals surface area contributed by atoms with Crippen molar-refractivity contribution in [1.82, 2.24) is 14.5 Å². The Labute approximate surface area is 99.3 Å². The molecule has 1 amide bonds. The molecule has 0 bridgehead atoms. The first-order valence-corrected chi connectivity index (χ1v) is 5.60. The molecule has 5 heteroatoms. The molecule has 2 heterocycles. The molecule has 0 atom stereocenters. The van der Waals surface area contributed by atoms with E-state index in [1.807, 2.05) is 25.1 Å². The number of aliphatic hydroxyl groups is 1. The number of rotatable bonds is 4. The van der Waals surface area contributed by atoms with Crippen LogP contribution in [0.3, 0.4) is 0 Å². The van der Waals surface area contributed by atoms with Gasteiger partial charge in [0, 0.05) is 19.3 Å². The number of amides is 1. The van der Waals surface area contributed by atoms with E-state index in [2.05, 4.69) is 5.10 Å². The number of hydrogen-bond acceptors (Lipinski definition) is 3. The van der Waals surface area contributed by atoms with Gasteiger partial charge in [0.1, 0.15) is 0 Å². The maximum absolute atomic E-state index is 12.2. The molecule has 0 radical (unpaired) electrons. The van der Waals surface area contributed by atoms with Crippen LogP contribution in [0.1, 0.15) is 17.3 Å². The number of aromatic nitrogens is 2. The van der Waals surface area contributed by atoms with Crippen LogP contribution in [-0.4, -0.2) is 45.2 Å². The number of aliphatic hydroxyl groups excluding tert-OH is 1. The highest BCUT2D eigenvalue weighted by atomic mass is 16.3. The molecule has 0 aliphatic heterocycles. The summed E-state index contributed by atoms with van der Waals surface area (Å²) in [5.41, 5.74) is 1.36. The van der Waals surface area contributed by atoms with Crippen LogP contribution in [0.5, 0.6) is 0 Å². The van der Waals surface area contributed by atoms with E-state index in [1.54, 1.807) is 21.8 Å². The summed E-state index contributed by atoms with van der Waals surface area (Å²) in [7, 11) is 0. The molecule has 17 heavy (non-hydrogen) atoms. The quantitative estimate of drug-likeness (QED) is 0.849. The van der Waals surface area contributed by atoms with Crippen LogP contribution >= 0.6 is 0 Å². The third kappa shape index (κ3) is 2.14. The zero-order valence-corrected chi connectivity index (χ0v) is 9.71. The van der Waals surface area contributed by atoms with Gasteiger partial charge in [-0.3, -0.25) is 4.79 Å². The highest BCUT2D eigenvalue weighted by molar-refractivity contribution is 6.00. The molecule has 0 unspecified atom stereocenters. The standard InChI is InChI=1S/C12H15N3O2/c1-2-14(7-8-16)12(17)10-9-13-15-6-4-3-5-11(10)15/h3-6,9,16H,2,7-8H2,1H3. The topological polar surface area (TPSA) is 57.8 Å². The molecule has 0 spiro atoms. The van der Waals surface area contributed by atoms with Gasteiger partial charge < -0.3 is 10.0 Å². The molecule has 0 aromatic carbocycles. The molecule has 5 nitrogen and oxygen atoms in total. The van der Waals surface area contributed by atoms with Crippen LogP contribution in [0.2, 0.25) is 0 Å². The molecular weight excluding hydrogens is 218 g/mol. The fourth-order valence-electron chi connectivity index (χ4n) is 1.79. The van der Waals surface area contributed by atoms with Gasteiger partial charge in [0.2, 0.25) is 0 Å².